The summed E-state index contributed by atoms with van der Waals surface area (Å²) < 4.78 is 38.7. The Kier molecular flexibility index (Phi) is 7.39. The summed E-state index contributed by atoms with van der Waals surface area (Å²) in [4.78, 5) is 13.4. The van der Waals surface area contributed by atoms with Crippen molar-refractivity contribution >= 4 is 33.2 Å². The molecule has 4 aromatic rings. The van der Waals surface area contributed by atoms with Gasteiger partial charge in [0, 0.05) is 5.56 Å². The highest BCUT2D eigenvalue weighted by molar-refractivity contribution is 7.93. The predicted molar refractivity (Wildman–Crippen MR) is 136 cm³/mol. The fourth-order valence-electron chi connectivity index (χ4n) is 3.54. The topological polar surface area (TPSA) is 72.9 Å². The van der Waals surface area contributed by atoms with E-state index in [9.17, 15) is 13.2 Å². The van der Waals surface area contributed by atoms with Crippen LogP contribution < -0.4 is 13.8 Å². The Morgan fingerprint density at radius 2 is 1.46 bits per heavy atom. The quantitative estimate of drug-likeness (QED) is 0.300. The molecule has 0 N–H and O–H groups in total. The highest BCUT2D eigenvalue weighted by Gasteiger charge is 2.32. The number of sulfonamides is 1. The van der Waals surface area contributed by atoms with Gasteiger partial charge in [-0.1, -0.05) is 78.3 Å². The maximum absolute atomic E-state index is 13.5. The van der Waals surface area contributed by atoms with Gasteiger partial charge in [-0.2, -0.15) is 4.31 Å². The first-order valence-electron chi connectivity index (χ1n) is 10.7. The maximum atomic E-state index is 13.5. The van der Waals surface area contributed by atoms with Crippen LogP contribution in [0.15, 0.2) is 108 Å². The van der Waals surface area contributed by atoms with E-state index in [1.54, 1.807) is 30.3 Å². The van der Waals surface area contributed by atoms with Crippen LogP contribution in [0.4, 0.5) is 5.69 Å². The number of carbonyl (C=O) groups excluding carboxylic acids is 1. The van der Waals surface area contributed by atoms with E-state index in [1.165, 1.54) is 37.4 Å². The van der Waals surface area contributed by atoms with Crippen LogP contribution in [0.25, 0.3) is 11.1 Å². The SMILES string of the molecule is COc1ccc(N(C(=O)COc2ccccc2-c2ccccc2)S(=O)(=O)c2ccccc2)cc1Cl. The van der Waals surface area contributed by atoms with Crippen molar-refractivity contribution in [3.05, 3.63) is 108 Å². The molecule has 0 aliphatic rings. The Morgan fingerprint density at radius 3 is 2.11 bits per heavy atom. The molecule has 1 amide bonds. The molecule has 6 nitrogen and oxygen atoms in total. The van der Waals surface area contributed by atoms with E-state index in [-0.39, 0.29) is 15.6 Å². The van der Waals surface area contributed by atoms with Crippen molar-refractivity contribution in [1.82, 2.24) is 0 Å². The van der Waals surface area contributed by atoms with E-state index >= 15 is 0 Å². The van der Waals surface area contributed by atoms with Crippen molar-refractivity contribution in [2.24, 2.45) is 0 Å². The number of hydrogen-bond acceptors (Lipinski definition) is 5. The second-order valence-corrected chi connectivity index (χ2v) is 9.64. The monoisotopic (exact) mass is 507 g/mol. The van der Waals surface area contributed by atoms with Gasteiger partial charge in [0.05, 0.1) is 22.7 Å². The highest BCUT2D eigenvalue weighted by atomic mass is 35.5. The predicted octanol–water partition coefficient (Wildman–Crippen LogP) is 5.82. The fraction of sp³-hybridized carbons (Fsp3) is 0.0741. The smallest absolute Gasteiger partial charge is 0.278 e. The second kappa shape index (κ2) is 10.6. The van der Waals surface area contributed by atoms with Gasteiger partial charge >= 0.3 is 0 Å². The molecule has 0 atom stereocenters. The summed E-state index contributed by atoms with van der Waals surface area (Å²) in [6.45, 7) is -0.514. The molecule has 0 aromatic heterocycles. The van der Waals surface area contributed by atoms with Crippen molar-refractivity contribution in [2.75, 3.05) is 18.0 Å². The minimum absolute atomic E-state index is 0.0371. The van der Waals surface area contributed by atoms with Crippen LogP contribution in [0, 0.1) is 0 Å². The Bertz CT molecular complexity index is 1430. The number of rotatable bonds is 8. The zero-order valence-electron chi connectivity index (χ0n) is 18.8. The Morgan fingerprint density at radius 1 is 0.829 bits per heavy atom. The lowest BCUT2D eigenvalue weighted by Crippen LogP contribution is -2.40. The molecule has 0 spiro atoms. The number of hydrogen-bond donors (Lipinski definition) is 0. The van der Waals surface area contributed by atoms with Gasteiger partial charge in [0.25, 0.3) is 15.9 Å². The van der Waals surface area contributed by atoms with Gasteiger partial charge in [-0.05, 0) is 42.0 Å². The Labute approximate surface area is 209 Å². The molecular weight excluding hydrogens is 486 g/mol. The van der Waals surface area contributed by atoms with Crippen LogP contribution in [0.3, 0.4) is 0 Å². The summed E-state index contributed by atoms with van der Waals surface area (Å²) in [7, 11) is -2.81. The standard InChI is InChI=1S/C27H22ClNO5S/c1-33-26-17-16-21(18-24(26)28)29(35(31,32)22-12-6-3-7-13-22)27(30)19-34-25-15-9-8-14-23(25)20-10-4-2-5-11-20/h2-18H,19H2,1H3. The number of nitrogens with zero attached hydrogens (tertiary/aromatic N) is 1. The van der Waals surface area contributed by atoms with Gasteiger partial charge in [0.15, 0.2) is 6.61 Å². The molecule has 35 heavy (non-hydrogen) atoms. The maximum Gasteiger partial charge on any atom is 0.278 e. The number of anilines is 1. The molecule has 0 radical (unpaired) electrons. The number of amides is 1. The lowest BCUT2D eigenvalue weighted by molar-refractivity contribution is -0.119. The fourth-order valence-corrected chi connectivity index (χ4v) is 5.22. The molecule has 0 bridgehead atoms. The summed E-state index contributed by atoms with van der Waals surface area (Å²) in [5.74, 6) is 0.0304. The van der Waals surface area contributed by atoms with E-state index in [2.05, 4.69) is 0 Å². The third kappa shape index (κ3) is 5.31. The van der Waals surface area contributed by atoms with Gasteiger partial charge in [0.2, 0.25) is 0 Å². The normalized spacial score (nSPS) is 11.0. The summed E-state index contributed by atoms with van der Waals surface area (Å²) in [6, 6.07) is 28.9. The zero-order chi connectivity index (χ0) is 24.8. The Hall–Kier alpha value is -3.81. The van der Waals surface area contributed by atoms with Gasteiger partial charge in [-0.15, -0.1) is 0 Å². The molecule has 0 unspecified atom stereocenters. The molecule has 0 aliphatic heterocycles. The van der Waals surface area contributed by atoms with Gasteiger partial charge < -0.3 is 9.47 Å². The highest BCUT2D eigenvalue weighted by Crippen LogP contribution is 2.33. The second-order valence-electron chi connectivity index (χ2n) is 7.45. The van der Waals surface area contributed by atoms with Crippen molar-refractivity contribution in [3.8, 4) is 22.6 Å². The molecule has 0 saturated carbocycles. The summed E-state index contributed by atoms with van der Waals surface area (Å²) >= 11 is 6.25. The van der Waals surface area contributed by atoms with Crippen molar-refractivity contribution in [1.29, 1.82) is 0 Å². The third-order valence-electron chi connectivity index (χ3n) is 5.20. The third-order valence-corrected chi connectivity index (χ3v) is 7.26. The van der Waals surface area contributed by atoms with E-state index in [0.29, 0.717) is 15.8 Å². The lowest BCUT2D eigenvalue weighted by Gasteiger charge is -2.23. The molecule has 0 aliphatic carbocycles. The zero-order valence-corrected chi connectivity index (χ0v) is 20.4. The van der Waals surface area contributed by atoms with Crippen LogP contribution in [0.1, 0.15) is 0 Å². The number of benzene rings is 4. The minimum atomic E-state index is -4.25. The molecule has 178 valence electrons. The lowest BCUT2D eigenvalue weighted by atomic mass is 10.1. The van der Waals surface area contributed by atoms with Gasteiger partial charge in [0.1, 0.15) is 11.5 Å². The molecule has 4 rings (SSSR count). The molecule has 0 heterocycles. The first-order chi connectivity index (χ1) is 16.9. The van der Waals surface area contributed by atoms with Crippen molar-refractivity contribution in [2.45, 2.75) is 4.90 Å². The van der Waals surface area contributed by atoms with E-state index in [1.807, 2.05) is 42.5 Å². The summed E-state index contributed by atoms with van der Waals surface area (Å²) in [5.41, 5.74) is 1.77. The number of halogens is 1. The van der Waals surface area contributed by atoms with Gasteiger partial charge in [-0.3, -0.25) is 4.79 Å². The summed E-state index contributed by atoms with van der Waals surface area (Å²) in [6.07, 6.45) is 0. The number of methoxy groups -OCH3 is 1. The van der Waals surface area contributed by atoms with Crippen molar-refractivity contribution in [3.63, 3.8) is 0 Å². The van der Waals surface area contributed by atoms with Crippen LogP contribution in [0.2, 0.25) is 5.02 Å². The van der Waals surface area contributed by atoms with Gasteiger partial charge in [-0.25, -0.2) is 8.42 Å². The van der Waals surface area contributed by atoms with Crippen LogP contribution in [-0.4, -0.2) is 28.0 Å². The average molecular weight is 508 g/mol. The largest absolute Gasteiger partial charge is 0.495 e. The van der Waals surface area contributed by atoms with E-state index in [0.717, 1.165) is 11.1 Å². The minimum Gasteiger partial charge on any atom is -0.495 e. The van der Waals surface area contributed by atoms with Crippen LogP contribution in [0.5, 0.6) is 11.5 Å². The number of para-hydroxylation sites is 1. The number of carbonyl (C=O) groups is 1. The number of ether oxygens (including phenoxy) is 2. The molecular formula is C27H22ClNO5S. The van der Waals surface area contributed by atoms with E-state index in [4.69, 9.17) is 21.1 Å². The van der Waals surface area contributed by atoms with Crippen LogP contribution >= 0.6 is 11.6 Å². The first-order valence-corrected chi connectivity index (χ1v) is 12.5. The Balaban J connectivity index is 1.69. The molecule has 0 saturated heterocycles. The van der Waals surface area contributed by atoms with Crippen LogP contribution in [-0.2, 0) is 14.8 Å². The van der Waals surface area contributed by atoms with E-state index < -0.39 is 22.5 Å². The molecule has 4 aromatic carbocycles. The summed E-state index contributed by atoms with van der Waals surface area (Å²) in [5, 5.41) is 0.168. The first kappa shape index (κ1) is 24.3. The average Bonchev–Trinajstić information content (AvgIpc) is 2.89. The molecule has 0 fully saturated rings. The van der Waals surface area contributed by atoms with Crippen molar-refractivity contribution < 1.29 is 22.7 Å². The molecule has 8 heteroatoms.